The Morgan fingerprint density at radius 1 is 1.11 bits per heavy atom. The van der Waals surface area contributed by atoms with Crippen molar-refractivity contribution in [3.8, 4) is 0 Å². The van der Waals surface area contributed by atoms with Crippen molar-refractivity contribution < 1.29 is 9.90 Å². The molecule has 0 saturated heterocycles. The largest absolute Gasteiger partial charge is 0.481 e. The first-order valence-corrected chi connectivity index (χ1v) is 7.12. The summed E-state index contributed by atoms with van der Waals surface area (Å²) in [5, 5.41) is 8.91. The number of benzene rings is 2. The van der Waals surface area contributed by atoms with Crippen molar-refractivity contribution in [3.63, 3.8) is 0 Å². The van der Waals surface area contributed by atoms with Crippen LogP contribution in [0.15, 0.2) is 53.4 Å². The number of thioether (sulfide) groups is 1. The van der Waals surface area contributed by atoms with E-state index in [2.05, 4.69) is 25.1 Å². The van der Waals surface area contributed by atoms with E-state index < -0.39 is 5.97 Å². The van der Waals surface area contributed by atoms with E-state index in [1.807, 2.05) is 30.3 Å². The Morgan fingerprint density at radius 2 is 1.84 bits per heavy atom. The molecule has 0 fully saturated rings. The number of aryl methyl sites for hydroxylation is 1. The van der Waals surface area contributed by atoms with E-state index >= 15 is 0 Å². The number of rotatable bonds is 5. The Hall–Kier alpha value is -1.74. The van der Waals surface area contributed by atoms with E-state index in [9.17, 15) is 4.79 Å². The van der Waals surface area contributed by atoms with Crippen molar-refractivity contribution in [2.24, 2.45) is 0 Å². The molecule has 2 nitrogen and oxygen atoms in total. The van der Waals surface area contributed by atoms with Crippen molar-refractivity contribution >= 4 is 17.7 Å². The third kappa shape index (κ3) is 4.14. The number of carboxylic acids is 1. The molecule has 19 heavy (non-hydrogen) atoms. The second-order valence-corrected chi connectivity index (χ2v) is 5.49. The van der Waals surface area contributed by atoms with Crippen molar-refractivity contribution in [3.05, 3.63) is 65.2 Å². The van der Waals surface area contributed by atoms with Gasteiger partial charge in [-0.05, 0) is 30.2 Å². The first kappa shape index (κ1) is 13.7. The van der Waals surface area contributed by atoms with Crippen LogP contribution in [0.5, 0.6) is 0 Å². The summed E-state index contributed by atoms with van der Waals surface area (Å²) in [6, 6.07) is 16.1. The van der Waals surface area contributed by atoms with Gasteiger partial charge in [-0.3, -0.25) is 4.79 Å². The SMILES string of the molecule is Cc1cccc(SCc2ccccc2CC(=O)O)c1. The molecule has 0 heterocycles. The molecule has 0 atom stereocenters. The quantitative estimate of drug-likeness (QED) is 0.838. The Kier molecular flexibility index (Phi) is 4.63. The highest BCUT2D eigenvalue weighted by Crippen LogP contribution is 2.25. The lowest BCUT2D eigenvalue weighted by atomic mass is 10.1. The maximum Gasteiger partial charge on any atom is 0.307 e. The Bertz CT molecular complexity index is 578. The molecule has 3 heteroatoms. The van der Waals surface area contributed by atoms with Gasteiger partial charge in [0.25, 0.3) is 0 Å². The average Bonchev–Trinajstić information content (AvgIpc) is 2.37. The fraction of sp³-hybridized carbons (Fsp3) is 0.188. The van der Waals surface area contributed by atoms with Crippen LogP contribution >= 0.6 is 11.8 Å². The molecule has 0 spiro atoms. The third-order valence-corrected chi connectivity index (χ3v) is 3.89. The van der Waals surface area contributed by atoms with Gasteiger partial charge in [-0.2, -0.15) is 0 Å². The number of hydrogen-bond donors (Lipinski definition) is 1. The predicted octanol–water partition coefficient (Wildman–Crippen LogP) is 3.91. The molecule has 0 aromatic heterocycles. The molecule has 2 aromatic carbocycles. The number of hydrogen-bond acceptors (Lipinski definition) is 2. The minimum absolute atomic E-state index is 0.0878. The molecular weight excluding hydrogens is 256 g/mol. The highest BCUT2D eigenvalue weighted by Gasteiger charge is 2.06. The minimum Gasteiger partial charge on any atom is -0.481 e. The molecule has 2 aromatic rings. The van der Waals surface area contributed by atoms with Crippen molar-refractivity contribution in [1.82, 2.24) is 0 Å². The van der Waals surface area contributed by atoms with E-state index in [4.69, 9.17) is 5.11 Å². The summed E-state index contributed by atoms with van der Waals surface area (Å²) in [6.45, 7) is 2.07. The average molecular weight is 272 g/mol. The van der Waals surface area contributed by atoms with E-state index in [1.54, 1.807) is 11.8 Å². The van der Waals surface area contributed by atoms with E-state index in [1.165, 1.54) is 10.5 Å². The maximum absolute atomic E-state index is 10.8. The van der Waals surface area contributed by atoms with Crippen LogP contribution in [-0.4, -0.2) is 11.1 Å². The smallest absolute Gasteiger partial charge is 0.307 e. The lowest BCUT2D eigenvalue weighted by Gasteiger charge is -2.08. The highest BCUT2D eigenvalue weighted by atomic mass is 32.2. The molecule has 0 bridgehead atoms. The fourth-order valence-corrected chi connectivity index (χ4v) is 2.95. The van der Waals surface area contributed by atoms with Gasteiger partial charge in [-0.25, -0.2) is 0 Å². The zero-order valence-corrected chi connectivity index (χ0v) is 11.6. The Morgan fingerprint density at radius 3 is 2.53 bits per heavy atom. The second-order valence-electron chi connectivity index (χ2n) is 4.44. The first-order valence-electron chi connectivity index (χ1n) is 6.13. The van der Waals surface area contributed by atoms with Gasteiger partial charge in [0.05, 0.1) is 6.42 Å². The molecule has 2 rings (SSSR count). The van der Waals surface area contributed by atoms with Gasteiger partial charge in [-0.1, -0.05) is 42.0 Å². The minimum atomic E-state index is -0.784. The molecule has 0 amide bonds. The summed E-state index contributed by atoms with van der Waals surface area (Å²) in [6.07, 6.45) is 0.0878. The molecule has 1 N–H and O–H groups in total. The Labute approximate surface area is 117 Å². The zero-order valence-electron chi connectivity index (χ0n) is 10.8. The summed E-state index contributed by atoms with van der Waals surface area (Å²) in [7, 11) is 0. The summed E-state index contributed by atoms with van der Waals surface area (Å²) in [4.78, 5) is 12.0. The van der Waals surface area contributed by atoms with Crippen molar-refractivity contribution in [2.75, 3.05) is 0 Å². The normalized spacial score (nSPS) is 10.4. The summed E-state index contributed by atoms with van der Waals surface area (Å²) in [5.74, 6) is 0.0143. The molecule has 98 valence electrons. The molecule has 0 unspecified atom stereocenters. The van der Waals surface area contributed by atoms with Crippen LogP contribution in [0.25, 0.3) is 0 Å². The van der Waals surface area contributed by atoms with E-state index in [-0.39, 0.29) is 6.42 Å². The summed E-state index contributed by atoms with van der Waals surface area (Å²) < 4.78 is 0. The van der Waals surface area contributed by atoms with Crippen molar-refractivity contribution in [2.45, 2.75) is 24.0 Å². The first-order chi connectivity index (χ1) is 9.15. The molecule has 0 saturated carbocycles. The Balaban J connectivity index is 2.09. The molecule has 0 aliphatic carbocycles. The maximum atomic E-state index is 10.8. The van der Waals surface area contributed by atoms with Gasteiger partial charge in [0.2, 0.25) is 0 Å². The number of carboxylic acid groups (broad SMARTS) is 1. The van der Waals surface area contributed by atoms with Gasteiger partial charge in [0.15, 0.2) is 0 Å². The van der Waals surface area contributed by atoms with E-state index in [0.717, 1.165) is 16.9 Å². The topological polar surface area (TPSA) is 37.3 Å². The molecular formula is C16H16O2S. The zero-order chi connectivity index (χ0) is 13.7. The predicted molar refractivity (Wildman–Crippen MR) is 78.5 cm³/mol. The number of carbonyl (C=O) groups is 1. The van der Waals surface area contributed by atoms with Crippen LogP contribution in [0.4, 0.5) is 0 Å². The van der Waals surface area contributed by atoms with Crippen LogP contribution in [0, 0.1) is 6.92 Å². The standard InChI is InChI=1S/C16H16O2S/c1-12-5-4-8-15(9-12)19-11-14-7-3-2-6-13(14)10-16(17)18/h2-9H,10-11H2,1H3,(H,17,18). The van der Waals surface area contributed by atoms with Gasteiger partial charge in [0.1, 0.15) is 0 Å². The van der Waals surface area contributed by atoms with Gasteiger partial charge in [-0.15, -0.1) is 11.8 Å². The monoisotopic (exact) mass is 272 g/mol. The molecule has 0 aliphatic rings. The van der Waals surface area contributed by atoms with Gasteiger partial charge >= 0.3 is 5.97 Å². The molecule has 0 radical (unpaired) electrons. The molecule has 0 aliphatic heterocycles. The van der Waals surface area contributed by atoms with Crippen LogP contribution in [0.1, 0.15) is 16.7 Å². The number of aliphatic carboxylic acids is 1. The van der Waals surface area contributed by atoms with Crippen LogP contribution < -0.4 is 0 Å². The van der Waals surface area contributed by atoms with Crippen LogP contribution in [-0.2, 0) is 17.0 Å². The third-order valence-electron chi connectivity index (χ3n) is 2.84. The summed E-state index contributed by atoms with van der Waals surface area (Å²) >= 11 is 1.74. The fourth-order valence-electron chi connectivity index (χ4n) is 1.90. The van der Waals surface area contributed by atoms with Gasteiger partial charge in [0, 0.05) is 10.6 Å². The highest BCUT2D eigenvalue weighted by molar-refractivity contribution is 7.98. The van der Waals surface area contributed by atoms with Crippen molar-refractivity contribution in [1.29, 1.82) is 0 Å². The lowest BCUT2D eigenvalue weighted by Crippen LogP contribution is -2.02. The second kappa shape index (κ2) is 6.43. The van der Waals surface area contributed by atoms with Gasteiger partial charge < -0.3 is 5.11 Å². The summed E-state index contributed by atoms with van der Waals surface area (Å²) in [5.41, 5.74) is 3.23. The van der Waals surface area contributed by atoms with E-state index in [0.29, 0.717) is 0 Å². The van der Waals surface area contributed by atoms with Crippen LogP contribution in [0.3, 0.4) is 0 Å². The van der Waals surface area contributed by atoms with Crippen LogP contribution in [0.2, 0.25) is 0 Å². The lowest BCUT2D eigenvalue weighted by molar-refractivity contribution is -0.136.